The first-order chi connectivity index (χ1) is 8.28. The van der Waals surface area contributed by atoms with Gasteiger partial charge in [-0.3, -0.25) is 4.90 Å². The van der Waals surface area contributed by atoms with Crippen LogP contribution in [0.25, 0.3) is 0 Å². The molecule has 0 radical (unpaired) electrons. The summed E-state index contributed by atoms with van der Waals surface area (Å²) in [6.07, 6.45) is 1.69. The second-order valence-corrected chi connectivity index (χ2v) is 5.31. The average Bonchev–Trinajstić information content (AvgIpc) is 2.77. The molecule has 0 amide bonds. The van der Waals surface area contributed by atoms with Gasteiger partial charge >= 0.3 is 0 Å². The highest BCUT2D eigenvalue weighted by molar-refractivity contribution is 7.10. The number of nitrogens with zero attached hydrogens (tertiary/aromatic N) is 1. The lowest BCUT2D eigenvalue weighted by Gasteiger charge is -2.28. The molecule has 4 heteroatoms. The smallest absolute Gasteiger partial charge is 0.0564 e. The van der Waals surface area contributed by atoms with Gasteiger partial charge in [-0.2, -0.15) is 0 Å². The van der Waals surface area contributed by atoms with Crippen molar-refractivity contribution in [2.75, 3.05) is 19.6 Å². The molecule has 1 aromatic heterocycles. The van der Waals surface area contributed by atoms with E-state index in [1.54, 1.807) is 11.3 Å². The summed E-state index contributed by atoms with van der Waals surface area (Å²) in [5.74, 6) is 5.91. The van der Waals surface area contributed by atoms with Crippen molar-refractivity contribution in [1.29, 1.82) is 0 Å². The van der Waals surface area contributed by atoms with Crippen molar-refractivity contribution in [2.24, 2.45) is 5.73 Å². The Morgan fingerprint density at radius 1 is 1.47 bits per heavy atom. The SMILES string of the molecule is NCC#Cc1csc(CN2CCC(O)CC2)c1. The molecule has 92 valence electrons. The number of thiophene rings is 1. The summed E-state index contributed by atoms with van der Waals surface area (Å²) in [6, 6.07) is 2.14. The van der Waals surface area contributed by atoms with Crippen LogP contribution in [0.3, 0.4) is 0 Å². The van der Waals surface area contributed by atoms with Gasteiger partial charge in [-0.15, -0.1) is 11.3 Å². The zero-order valence-corrected chi connectivity index (χ0v) is 10.7. The third-order valence-corrected chi connectivity index (χ3v) is 3.85. The van der Waals surface area contributed by atoms with Gasteiger partial charge in [0.1, 0.15) is 0 Å². The lowest BCUT2D eigenvalue weighted by atomic mass is 10.1. The lowest BCUT2D eigenvalue weighted by Crippen LogP contribution is -2.35. The second-order valence-electron chi connectivity index (χ2n) is 4.31. The number of rotatable bonds is 2. The Balaban J connectivity index is 1.88. The molecule has 3 nitrogen and oxygen atoms in total. The van der Waals surface area contributed by atoms with Crippen LogP contribution in [0.2, 0.25) is 0 Å². The Hall–Kier alpha value is -0.860. The number of hydrogen-bond donors (Lipinski definition) is 2. The zero-order valence-electron chi connectivity index (χ0n) is 9.85. The van der Waals surface area contributed by atoms with E-state index in [2.05, 4.69) is 28.2 Å². The van der Waals surface area contributed by atoms with E-state index in [9.17, 15) is 5.11 Å². The molecule has 1 aromatic rings. The van der Waals surface area contributed by atoms with Gasteiger partial charge in [0.05, 0.1) is 12.6 Å². The fraction of sp³-hybridized carbons (Fsp3) is 0.538. The van der Waals surface area contributed by atoms with Gasteiger partial charge in [-0.05, 0) is 18.9 Å². The summed E-state index contributed by atoms with van der Waals surface area (Å²) in [5, 5.41) is 11.5. The molecule has 0 atom stereocenters. The first-order valence-corrected chi connectivity index (χ1v) is 6.82. The molecule has 0 aliphatic carbocycles. The van der Waals surface area contributed by atoms with Gasteiger partial charge < -0.3 is 10.8 Å². The number of piperidine rings is 1. The molecule has 0 bridgehead atoms. The zero-order chi connectivity index (χ0) is 12.1. The number of likely N-dealkylation sites (tertiary alicyclic amines) is 1. The van der Waals surface area contributed by atoms with Crippen LogP contribution in [-0.2, 0) is 6.54 Å². The number of nitrogens with two attached hydrogens (primary N) is 1. The quantitative estimate of drug-likeness (QED) is 0.770. The minimum absolute atomic E-state index is 0.0967. The van der Waals surface area contributed by atoms with Crippen LogP contribution in [0.5, 0.6) is 0 Å². The van der Waals surface area contributed by atoms with Crippen LogP contribution < -0.4 is 5.73 Å². The van der Waals surface area contributed by atoms with E-state index in [1.807, 2.05) is 0 Å². The van der Waals surface area contributed by atoms with Crippen molar-refractivity contribution in [1.82, 2.24) is 4.90 Å². The van der Waals surface area contributed by atoms with Crippen molar-refractivity contribution < 1.29 is 5.11 Å². The minimum Gasteiger partial charge on any atom is -0.393 e. The first kappa shape index (κ1) is 12.6. The number of hydrogen-bond acceptors (Lipinski definition) is 4. The van der Waals surface area contributed by atoms with Crippen molar-refractivity contribution in [3.63, 3.8) is 0 Å². The van der Waals surface area contributed by atoms with E-state index in [4.69, 9.17) is 5.73 Å². The van der Waals surface area contributed by atoms with Crippen molar-refractivity contribution >= 4 is 11.3 Å². The predicted molar refractivity (Wildman–Crippen MR) is 70.8 cm³/mol. The largest absolute Gasteiger partial charge is 0.393 e. The maximum absolute atomic E-state index is 9.44. The average molecular weight is 250 g/mol. The summed E-state index contributed by atoms with van der Waals surface area (Å²) in [4.78, 5) is 3.72. The molecule has 3 N–H and O–H groups in total. The summed E-state index contributed by atoms with van der Waals surface area (Å²) in [5.41, 5.74) is 6.41. The Morgan fingerprint density at radius 2 is 2.24 bits per heavy atom. The normalized spacial score (nSPS) is 17.8. The second kappa shape index (κ2) is 6.18. The highest BCUT2D eigenvalue weighted by Crippen LogP contribution is 2.19. The van der Waals surface area contributed by atoms with Crippen molar-refractivity contribution in [3.05, 3.63) is 21.9 Å². The third-order valence-electron chi connectivity index (χ3n) is 2.93. The van der Waals surface area contributed by atoms with Crippen LogP contribution in [0, 0.1) is 11.8 Å². The lowest BCUT2D eigenvalue weighted by molar-refractivity contribution is 0.0797. The molecular formula is C13H18N2OS. The van der Waals surface area contributed by atoms with Gasteiger partial charge in [0.15, 0.2) is 0 Å². The van der Waals surface area contributed by atoms with Crippen LogP contribution in [-0.4, -0.2) is 35.7 Å². The van der Waals surface area contributed by atoms with Crippen LogP contribution >= 0.6 is 11.3 Å². The van der Waals surface area contributed by atoms with E-state index in [-0.39, 0.29) is 6.10 Å². The Labute approximate surface area is 106 Å². The molecular weight excluding hydrogens is 232 g/mol. The Bertz CT molecular complexity index is 411. The molecule has 0 saturated carbocycles. The van der Waals surface area contributed by atoms with Crippen LogP contribution in [0.15, 0.2) is 11.4 Å². The van der Waals surface area contributed by atoms with Crippen LogP contribution in [0.4, 0.5) is 0 Å². The topological polar surface area (TPSA) is 49.5 Å². The molecule has 2 rings (SSSR count). The maximum atomic E-state index is 9.44. The molecule has 2 heterocycles. The third kappa shape index (κ3) is 3.83. The van der Waals surface area contributed by atoms with E-state index < -0.39 is 0 Å². The molecule has 1 aliphatic rings. The highest BCUT2D eigenvalue weighted by atomic mass is 32.1. The summed E-state index contributed by atoms with van der Waals surface area (Å²) < 4.78 is 0. The summed E-state index contributed by atoms with van der Waals surface area (Å²) in [7, 11) is 0. The summed E-state index contributed by atoms with van der Waals surface area (Å²) >= 11 is 1.75. The molecule has 1 fully saturated rings. The van der Waals surface area contributed by atoms with Gasteiger partial charge in [-0.25, -0.2) is 0 Å². The Kier molecular flexibility index (Phi) is 4.57. The predicted octanol–water partition coefficient (Wildman–Crippen LogP) is 1.02. The summed E-state index contributed by atoms with van der Waals surface area (Å²) in [6.45, 7) is 3.36. The van der Waals surface area contributed by atoms with Crippen molar-refractivity contribution in [2.45, 2.75) is 25.5 Å². The van der Waals surface area contributed by atoms with Gasteiger partial charge in [-0.1, -0.05) is 11.8 Å². The fourth-order valence-corrected chi connectivity index (χ4v) is 2.84. The number of aliphatic hydroxyl groups excluding tert-OH is 1. The Morgan fingerprint density at radius 3 is 2.94 bits per heavy atom. The standard InChI is InChI=1S/C13H18N2OS/c14-5-1-2-11-8-13(17-10-11)9-15-6-3-12(16)4-7-15/h8,10,12,16H,3-7,9,14H2. The van der Waals surface area contributed by atoms with Gasteiger partial charge in [0, 0.05) is 35.5 Å². The molecule has 17 heavy (non-hydrogen) atoms. The van der Waals surface area contributed by atoms with E-state index in [0.29, 0.717) is 6.54 Å². The minimum atomic E-state index is -0.0967. The van der Waals surface area contributed by atoms with E-state index in [0.717, 1.165) is 38.0 Å². The van der Waals surface area contributed by atoms with E-state index >= 15 is 0 Å². The molecule has 1 saturated heterocycles. The molecule has 0 aromatic carbocycles. The maximum Gasteiger partial charge on any atom is 0.0564 e. The highest BCUT2D eigenvalue weighted by Gasteiger charge is 2.17. The van der Waals surface area contributed by atoms with Crippen LogP contribution in [0.1, 0.15) is 23.3 Å². The van der Waals surface area contributed by atoms with Gasteiger partial charge in [0.2, 0.25) is 0 Å². The van der Waals surface area contributed by atoms with Gasteiger partial charge in [0.25, 0.3) is 0 Å². The number of aliphatic hydroxyl groups is 1. The van der Waals surface area contributed by atoms with E-state index in [1.165, 1.54) is 4.88 Å². The van der Waals surface area contributed by atoms with Crippen molar-refractivity contribution in [3.8, 4) is 11.8 Å². The molecule has 0 unspecified atom stereocenters. The first-order valence-electron chi connectivity index (χ1n) is 5.94. The molecule has 0 spiro atoms. The molecule has 1 aliphatic heterocycles. The monoisotopic (exact) mass is 250 g/mol. The fourth-order valence-electron chi connectivity index (χ4n) is 1.98.